The number of nitrogens with two attached hydrogens (primary N) is 1. The Morgan fingerprint density at radius 3 is 2.80 bits per heavy atom. The van der Waals surface area contributed by atoms with Gasteiger partial charge in [0.15, 0.2) is 17.3 Å². The Bertz CT molecular complexity index is 544. The highest BCUT2D eigenvalue weighted by molar-refractivity contribution is 5.46. The van der Waals surface area contributed by atoms with Crippen LogP contribution in [0.1, 0.15) is 31.3 Å². The Morgan fingerprint density at radius 2 is 2.15 bits per heavy atom. The second-order valence-electron chi connectivity index (χ2n) is 4.66. The molecule has 6 heteroatoms. The number of rotatable bonds is 6. The van der Waals surface area contributed by atoms with Crippen LogP contribution in [0.15, 0.2) is 24.5 Å². The molecule has 0 bridgehead atoms. The van der Waals surface area contributed by atoms with E-state index < -0.39 is 0 Å². The maximum absolute atomic E-state index is 5.86. The Kier molecular flexibility index (Phi) is 4.57. The first-order valence-electron chi connectivity index (χ1n) is 6.54. The minimum atomic E-state index is 0.239. The van der Waals surface area contributed by atoms with Gasteiger partial charge in [-0.2, -0.15) is 5.10 Å². The van der Waals surface area contributed by atoms with Crippen LogP contribution in [0.5, 0.6) is 11.5 Å². The van der Waals surface area contributed by atoms with Crippen molar-refractivity contribution in [2.75, 3.05) is 7.11 Å². The third-order valence-corrected chi connectivity index (χ3v) is 2.98. The minimum absolute atomic E-state index is 0.239. The zero-order valence-corrected chi connectivity index (χ0v) is 12.0. The Balaban J connectivity index is 2.20. The van der Waals surface area contributed by atoms with Crippen molar-refractivity contribution >= 4 is 0 Å². The number of ether oxygens (including phenoxy) is 2. The number of hydrogen-bond donors (Lipinski definition) is 1. The average Bonchev–Trinajstić information content (AvgIpc) is 2.93. The molecule has 0 aliphatic carbocycles. The third-order valence-electron chi connectivity index (χ3n) is 2.98. The van der Waals surface area contributed by atoms with Crippen molar-refractivity contribution in [2.45, 2.75) is 33.0 Å². The molecule has 1 heterocycles. The van der Waals surface area contributed by atoms with E-state index >= 15 is 0 Å². The number of benzene rings is 1. The summed E-state index contributed by atoms with van der Waals surface area (Å²) in [4.78, 5) is 4.22. The van der Waals surface area contributed by atoms with Crippen LogP contribution in [0.4, 0.5) is 0 Å². The molecule has 2 N–H and O–H groups in total. The van der Waals surface area contributed by atoms with Crippen LogP contribution in [0.3, 0.4) is 0 Å². The van der Waals surface area contributed by atoms with E-state index in [1.807, 2.05) is 36.7 Å². The summed E-state index contributed by atoms with van der Waals surface area (Å²) in [7, 11) is 1.61. The fourth-order valence-corrected chi connectivity index (χ4v) is 1.99. The van der Waals surface area contributed by atoms with Gasteiger partial charge in [-0.25, -0.2) is 9.67 Å². The summed E-state index contributed by atoms with van der Waals surface area (Å²) in [6.45, 7) is 4.81. The smallest absolute Gasteiger partial charge is 0.166 e. The fraction of sp³-hybridized carbons (Fsp3) is 0.429. The lowest BCUT2D eigenvalue weighted by Crippen LogP contribution is -2.12. The number of hydrogen-bond acceptors (Lipinski definition) is 5. The Labute approximate surface area is 118 Å². The lowest BCUT2D eigenvalue weighted by atomic mass is 10.2. The summed E-state index contributed by atoms with van der Waals surface area (Å²) in [5.74, 6) is 2.10. The largest absolute Gasteiger partial charge is 0.493 e. The Hall–Kier alpha value is -2.08. The van der Waals surface area contributed by atoms with E-state index in [2.05, 4.69) is 10.1 Å². The summed E-state index contributed by atoms with van der Waals surface area (Å²) in [5.41, 5.74) is 6.64. The molecule has 0 unspecified atom stereocenters. The van der Waals surface area contributed by atoms with E-state index in [0.717, 1.165) is 11.4 Å². The van der Waals surface area contributed by atoms with Crippen molar-refractivity contribution in [3.05, 3.63) is 35.9 Å². The minimum Gasteiger partial charge on any atom is -0.493 e. The molecule has 0 saturated heterocycles. The summed E-state index contributed by atoms with van der Waals surface area (Å²) in [5, 5.41) is 4.18. The van der Waals surface area contributed by atoms with Gasteiger partial charge in [0.05, 0.1) is 7.11 Å². The quantitative estimate of drug-likeness (QED) is 0.872. The molecule has 0 fully saturated rings. The van der Waals surface area contributed by atoms with E-state index in [9.17, 15) is 0 Å². The fourth-order valence-electron chi connectivity index (χ4n) is 1.99. The Morgan fingerprint density at radius 1 is 1.35 bits per heavy atom. The van der Waals surface area contributed by atoms with Gasteiger partial charge >= 0.3 is 0 Å². The molecule has 0 aliphatic rings. The maximum atomic E-state index is 5.86. The van der Waals surface area contributed by atoms with E-state index in [1.165, 1.54) is 6.33 Å². The molecule has 6 nitrogen and oxygen atoms in total. The van der Waals surface area contributed by atoms with E-state index in [-0.39, 0.29) is 6.04 Å². The molecular weight excluding hydrogens is 256 g/mol. The first kappa shape index (κ1) is 14.3. The molecular formula is C14H20N4O2. The van der Waals surface area contributed by atoms with Crippen molar-refractivity contribution in [3.8, 4) is 11.5 Å². The molecule has 0 saturated carbocycles. The normalized spacial score (nSPS) is 10.8. The number of para-hydroxylation sites is 1. The van der Waals surface area contributed by atoms with Crippen molar-refractivity contribution in [1.82, 2.24) is 14.8 Å². The summed E-state index contributed by atoms with van der Waals surface area (Å²) >= 11 is 0. The van der Waals surface area contributed by atoms with Crippen molar-refractivity contribution in [3.63, 3.8) is 0 Å². The van der Waals surface area contributed by atoms with Gasteiger partial charge in [-0.05, 0) is 19.9 Å². The predicted octanol–water partition coefficient (Wildman–Crippen LogP) is 1.91. The van der Waals surface area contributed by atoms with E-state index in [1.54, 1.807) is 7.11 Å². The lowest BCUT2D eigenvalue weighted by molar-refractivity contribution is 0.263. The molecule has 0 atom stereocenters. The van der Waals surface area contributed by atoms with Gasteiger partial charge in [0.25, 0.3) is 0 Å². The number of nitrogens with zero attached hydrogens (tertiary/aromatic N) is 3. The summed E-state index contributed by atoms with van der Waals surface area (Å²) in [6.07, 6.45) is 1.53. The topological polar surface area (TPSA) is 75.2 Å². The molecule has 0 radical (unpaired) electrons. The molecule has 2 rings (SSSR count). The molecule has 108 valence electrons. The molecule has 0 aliphatic heterocycles. The van der Waals surface area contributed by atoms with Crippen LogP contribution in [0.25, 0.3) is 0 Å². The van der Waals surface area contributed by atoms with Crippen LogP contribution in [0.2, 0.25) is 0 Å². The van der Waals surface area contributed by atoms with Crippen molar-refractivity contribution < 1.29 is 9.47 Å². The molecule has 1 aromatic carbocycles. The highest BCUT2D eigenvalue weighted by Gasteiger charge is 2.13. The third kappa shape index (κ3) is 2.91. The van der Waals surface area contributed by atoms with E-state index in [4.69, 9.17) is 15.2 Å². The first-order valence-corrected chi connectivity index (χ1v) is 6.54. The number of methoxy groups -OCH3 is 1. The standard InChI is InChI=1S/C14H20N4O2/c1-10(2)18-13(16-9-17-18)8-20-14-11(7-15)5-4-6-12(14)19-3/h4-6,9-10H,7-8,15H2,1-3H3. The second-order valence-corrected chi connectivity index (χ2v) is 4.66. The van der Waals surface area contributed by atoms with Gasteiger partial charge in [0.1, 0.15) is 12.9 Å². The van der Waals surface area contributed by atoms with Crippen LogP contribution in [-0.2, 0) is 13.2 Å². The van der Waals surface area contributed by atoms with Crippen LogP contribution >= 0.6 is 0 Å². The highest BCUT2D eigenvalue weighted by Crippen LogP contribution is 2.31. The van der Waals surface area contributed by atoms with Gasteiger partial charge in [0, 0.05) is 18.2 Å². The van der Waals surface area contributed by atoms with Gasteiger partial charge in [-0.3, -0.25) is 0 Å². The monoisotopic (exact) mass is 276 g/mol. The second kappa shape index (κ2) is 6.38. The zero-order valence-electron chi connectivity index (χ0n) is 12.0. The van der Waals surface area contributed by atoms with Gasteiger partial charge in [-0.15, -0.1) is 0 Å². The maximum Gasteiger partial charge on any atom is 0.166 e. The highest BCUT2D eigenvalue weighted by atomic mass is 16.5. The first-order chi connectivity index (χ1) is 9.67. The van der Waals surface area contributed by atoms with Crippen molar-refractivity contribution in [2.24, 2.45) is 5.73 Å². The molecule has 20 heavy (non-hydrogen) atoms. The lowest BCUT2D eigenvalue weighted by Gasteiger charge is -2.15. The zero-order chi connectivity index (χ0) is 14.5. The van der Waals surface area contributed by atoms with Crippen LogP contribution < -0.4 is 15.2 Å². The van der Waals surface area contributed by atoms with Gasteiger partial charge in [-0.1, -0.05) is 12.1 Å². The van der Waals surface area contributed by atoms with Crippen LogP contribution in [0, 0.1) is 0 Å². The SMILES string of the molecule is COc1cccc(CN)c1OCc1ncnn1C(C)C. The molecule has 2 aromatic rings. The molecule has 1 aromatic heterocycles. The summed E-state index contributed by atoms with van der Waals surface area (Å²) < 4.78 is 13.0. The molecule has 0 spiro atoms. The van der Waals surface area contributed by atoms with Crippen molar-refractivity contribution in [1.29, 1.82) is 0 Å². The van der Waals surface area contributed by atoms with Gasteiger partial charge in [0.2, 0.25) is 0 Å². The molecule has 0 amide bonds. The average molecular weight is 276 g/mol. The summed E-state index contributed by atoms with van der Waals surface area (Å²) in [6, 6.07) is 5.90. The van der Waals surface area contributed by atoms with Crippen LogP contribution in [-0.4, -0.2) is 21.9 Å². The van der Waals surface area contributed by atoms with Gasteiger partial charge < -0.3 is 15.2 Å². The number of aromatic nitrogens is 3. The van der Waals surface area contributed by atoms with E-state index in [0.29, 0.717) is 24.7 Å². The predicted molar refractivity (Wildman–Crippen MR) is 75.6 cm³/mol.